The van der Waals surface area contributed by atoms with Crippen LogP contribution in [-0.4, -0.2) is 33.3 Å². The molecule has 0 atom stereocenters. The van der Waals surface area contributed by atoms with E-state index >= 15 is 0 Å². The number of nitrogens with one attached hydrogen (secondary N) is 3. The Balaban J connectivity index is 2.53. The summed E-state index contributed by atoms with van der Waals surface area (Å²) in [5, 5.41) is 2.21. The van der Waals surface area contributed by atoms with E-state index in [1.807, 2.05) is 28.0 Å². The number of sulfonamides is 1. The van der Waals surface area contributed by atoms with Crippen LogP contribution < -0.4 is 21.3 Å². The standard InChI is InChI=1S/C10H13IN4O4S/c11-7-1-3-8(4-2-7)20(18,19)14-6-9(16)13-5-10(17)15-12/h1-4,14H,5-6,12H2,(H,13,16)(H,15,17). The Morgan fingerprint density at radius 1 is 1.10 bits per heavy atom. The predicted molar refractivity (Wildman–Crippen MR) is 79.7 cm³/mol. The maximum absolute atomic E-state index is 11.8. The molecule has 1 aromatic carbocycles. The first kappa shape index (κ1) is 16.8. The van der Waals surface area contributed by atoms with E-state index in [9.17, 15) is 18.0 Å². The van der Waals surface area contributed by atoms with Gasteiger partial charge in [0.25, 0.3) is 5.91 Å². The number of hydrogen-bond donors (Lipinski definition) is 4. The van der Waals surface area contributed by atoms with Crippen LogP contribution in [-0.2, 0) is 19.6 Å². The van der Waals surface area contributed by atoms with E-state index in [1.54, 1.807) is 12.1 Å². The van der Waals surface area contributed by atoms with E-state index in [0.717, 1.165) is 3.57 Å². The van der Waals surface area contributed by atoms with Crippen LogP contribution in [0.1, 0.15) is 0 Å². The Morgan fingerprint density at radius 3 is 2.25 bits per heavy atom. The summed E-state index contributed by atoms with van der Waals surface area (Å²) in [4.78, 5) is 22.2. The smallest absolute Gasteiger partial charge is 0.253 e. The molecule has 0 aromatic heterocycles. The van der Waals surface area contributed by atoms with Crippen LogP contribution in [0, 0.1) is 3.57 Å². The molecule has 10 heteroatoms. The van der Waals surface area contributed by atoms with Crippen molar-refractivity contribution in [2.24, 2.45) is 5.84 Å². The number of benzene rings is 1. The average Bonchev–Trinajstić information content (AvgIpc) is 2.43. The fraction of sp³-hybridized carbons (Fsp3) is 0.200. The molecule has 0 aliphatic heterocycles. The molecule has 2 amide bonds. The zero-order chi connectivity index (χ0) is 15.2. The molecule has 0 fully saturated rings. The second-order valence-corrected chi connectivity index (χ2v) is 6.64. The Kier molecular flexibility index (Phi) is 6.32. The highest BCUT2D eigenvalue weighted by Gasteiger charge is 2.15. The Hall–Kier alpha value is -1.24. The fourth-order valence-electron chi connectivity index (χ4n) is 1.15. The minimum atomic E-state index is -3.76. The lowest BCUT2D eigenvalue weighted by molar-refractivity contribution is -0.125. The first-order valence-corrected chi connectivity index (χ1v) is 7.92. The number of carbonyl (C=O) groups excluding carboxylic acids is 2. The molecule has 1 aromatic rings. The molecule has 20 heavy (non-hydrogen) atoms. The Morgan fingerprint density at radius 2 is 1.70 bits per heavy atom. The third kappa shape index (κ3) is 5.40. The van der Waals surface area contributed by atoms with Crippen LogP contribution >= 0.6 is 22.6 Å². The number of hydrazine groups is 1. The summed E-state index contributed by atoms with van der Waals surface area (Å²) >= 11 is 2.05. The second-order valence-electron chi connectivity index (χ2n) is 3.62. The molecule has 8 nitrogen and oxygen atoms in total. The summed E-state index contributed by atoms with van der Waals surface area (Å²) in [6.45, 7) is -0.785. The van der Waals surface area contributed by atoms with Gasteiger partial charge in [0.15, 0.2) is 0 Å². The first-order valence-electron chi connectivity index (χ1n) is 5.36. The minimum absolute atomic E-state index is 0.0606. The number of hydrogen-bond acceptors (Lipinski definition) is 5. The zero-order valence-corrected chi connectivity index (χ0v) is 13.2. The topological polar surface area (TPSA) is 130 Å². The van der Waals surface area contributed by atoms with Gasteiger partial charge in [-0.1, -0.05) is 0 Å². The normalized spacial score (nSPS) is 10.9. The molecule has 0 spiro atoms. The van der Waals surface area contributed by atoms with Crippen molar-refractivity contribution in [2.45, 2.75) is 4.90 Å². The van der Waals surface area contributed by atoms with Crippen molar-refractivity contribution in [1.29, 1.82) is 0 Å². The molecule has 0 saturated carbocycles. The van der Waals surface area contributed by atoms with E-state index in [1.165, 1.54) is 12.1 Å². The quantitative estimate of drug-likeness (QED) is 0.199. The lowest BCUT2D eigenvalue weighted by atomic mass is 10.4. The molecule has 110 valence electrons. The molecule has 5 N–H and O–H groups in total. The van der Waals surface area contributed by atoms with Crippen LogP contribution in [0.15, 0.2) is 29.2 Å². The van der Waals surface area contributed by atoms with Gasteiger partial charge in [-0.2, -0.15) is 0 Å². The molecule has 0 aliphatic carbocycles. The van der Waals surface area contributed by atoms with E-state index in [4.69, 9.17) is 5.84 Å². The summed E-state index contributed by atoms with van der Waals surface area (Å²) in [6, 6.07) is 6.15. The molecule has 1 rings (SSSR count). The third-order valence-corrected chi connectivity index (χ3v) is 4.29. The molecule has 0 saturated heterocycles. The van der Waals surface area contributed by atoms with E-state index in [2.05, 4.69) is 10.0 Å². The van der Waals surface area contributed by atoms with Crippen molar-refractivity contribution in [3.8, 4) is 0 Å². The van der Waals surface area contributed by atoms with Crippen LogP contribution in [0.2, 0.25) is 0 Å². The highest BCUT2D eigenvalue weighted by Crippen LogP contribution is 2.11. The van der Waals surface area contributed by atoms with Gasteiger partial charge < -0.3 is 5.32 Å². The van der Waals surface area contributed by atoms with Crippen LogP contribution in [0.5, 0.6) is 0 Å². The maximum Gasteiger partial charge on any atom is 0.253 e. The predicted octanol–water partition coefficient (Wildman–Crippen LogP) is -1.32. The van der Waals surface area contributed by atoms with Crippen molar-refractivity contribution in [1.82, 2.24) is 15.5 Å². The van der Waals surface area contributed by atoms with E-state index < -0.39 is 28.4 Å². The molecule has 0 aliphatic rings. The van der Waals surface area contributed by atoms with Crippen LogP contribution in [0.3, 0.4) is 0 Å². The SMILES string of the molecule is NNC(=O)CNC(=O)CNS(=O)(=O)c1ccc(I)cc1. The van der Waals surface area contributed by atoms with Crippen molar-refractivity contribution in [2.75, 3.05) is 13.1 Å². The van der Waals surface area contributed by atoms with Gasteiger partial charge in [0.05, 0.1) is 18.0 Å². The minimum Gasteiger partial charge on any atom is -0.346 e. The summed E-state index contributed by atoms with van der Waals surface area (Å²) < 4.78 is 26.7. The monoisotopic (exact) mass is 412 g/mol. The highest BCUT2D eigenvalue weighted by atomic mass is 127. The van der Waals surface area contributed by atoms with Gasteiger partial charge in [0, 0.05) is 3.57 Å². The summed E-state index contributed by atoms with van der Waals surface area (Å²) in [5.41, 5.74) is 1.83. The maximum atomic E-state index is 11.8. The van der Waals surface area contributed by atoms with Gasteiger partial charge in [0.1, 0.15) is 0 Å². The Labute approximate surface area is 129 Å². The lowest BCUT2D eigenvalue weighted by Gasteiger charge is -2.07. The summed E-state index contributed by atoms with van der Waals surface area (Å²) in [5.74, 6) is 3.61. The van der Waals surface area contributed by atoms with Crippen molar-refractivity contribution in [3.05, 3.63) is 27.8 Å². The first-order chi connectivity index (χ1) is 9.35. The van der Waals surface area contributed by atoms with Crippen molar-refractivity contribution >= 4 is 44.4 Å². The van der Waals surface area contributed by atoms with Gasteiger partial charge in [-0.15, -0.1) is 0 Å². The zero-order valence-electron chi connectivity index (χ0n) is 10.2. The van der Waals surface area contributed by atoms with Gasteiger partial charge in [-0.25, -0.2) is 19.0 Å². The van der Waals surface area contributed by atoms with E-state index in [-0.39, 0.29) is 11.4 Å². The summed E-state index contributed by atoms with van der Waals surface area (Å²) in [6.07, 6.45) is 0. The molecule has 0 radical (unpaired) electrons. The molecule has 0 heterocycles. The molecule has 0 bridgehead atoms. The lowest BCUT2D eigenvalue weighted by Crippen LogP contribution is -2.43. The second kappa shape index (κ2) is 7.52. The summed E-state index contributed by atoms with van der Waals surface area (Å²) in [7, 11) is -3.76. The van der Waals surface area contributed by atoms with E-state index in [0.29, 0.717) is 0 Å². The number of nitrogens with two attached hydrogens (primary N) is 1. The van der Waals surface area contributed by atoms with Crippen molar-refractivity contribution in [3.63, 3.8) is 0 Å². The molecule has 0 unspecified atom stereocenters. The van der Waals surface area contributed by atoms with Crippen LogP contribution in [0.25, 0.3) is 0 Å². The third-order valence-electron chi connectivity index (χ3n) is 2.15. The van der Waals surface area contributed by atoms with Crippen molar-refractivity contribution < 1.29 is 18.0 Å². The highest BCUT2D eigenvalue weighted by molar-refractivity contribution is 14.1. The van der Waals surface area contributed by atoms with Gasteiger partial charge in [-0.3, -0.25) is 15.0 Å². The van der Waals surface area contributed by atoms with Crippen LogP contribution in [0.4, 0.5) is 0 Å². The Bertz CT molecular complexity index is 588. The molecular formula is C10H13IN4O4S. The molecular weight excluding hydrogens is 399 g/mol. The van der Waals surface area contributed by atoms with Gasteiger partial charge >= 0.3 is 0 Å². The fourth-order valence-corrected chi connectivity index (χ4v) is 2.49. The van der Waals surface area contributed by atoms with Gasteiger partial charge in [-0.05, 0) is 46.9 Å². The number of carbonyl (C=O) groups is 2. The largest absolute Gasteiger partial charge is 0.346 e. The van der Waals surface area contributed by atoms with Gasteiger partial charge in [0.2, 0.25) is 15.9 Å². The number of amides is 2. The number of halogens is 1. The average molecular weight is 412 g/mol. The number of rotatable bonds is 6.